The second-order valence-corrected chi connectivity index (χ2v) is 10.6. The molecule has 4 fully saturated rings. The quantitative estimate of drug-likeness (QED) is 0.741. The van der Waals surface area contributed by atoms with Crippen LogP contribution in [-0.2, 0) is 4.79 Å². The number of ketones is 1. The lowest BCUT2D eigenvalue weighted by Gasteiger charge is -2.54. The number of fused-ring (bicyclic) bond motifs is 3. The van der Waals surface area contributed by atoms with Gasteiger partial charge in [0.15, 0.2) is 0 Å². The zero-order chi connectivity index (χ0) is 19.2. The number of rotatable bonds is 6. The molecule has 0 aromatic rings. The Bertz CT molecular complexity index is 542. The molecular weight excluding hydrogens is 334 g/mol. The molecule has 4 aliphatic rings. The first-order valence-corrected chi connectivity index (χ1v) is 11.9. The number of hydrogen-bond donors (Lipinski definition) is 1. The number of β-amino-alcohol motifs (C(OH)–C–C–N with tert-alkyl or cyclic N) is 1. The molecule has 3 aliphatic carbocycles. The fourth-order valence-corrected chi connectivity index (χ4v) is 8.06. The summed E-state index contributed by atoms with van der Waals surface area (Å²) in [5.74, 6) is 5.23. The van der Waals surface area contributed by atoms with Crippen molar-refractivity contribution >= 4 is 5.78 Å². The van der Waals surface area contributed by atoms with Crippen molar-refractivity contribution in [1.82, 2.24) is 4.90 Å². The molecule has 1 N–H and O–H groups in total. The van der Waals surface area contributed by atoms with Crippen molar-refractivity contribution in [2.45, 2.75) is 84.7 Å². The molecule has 0 spiro atoms. The van der Waals surface area contributed by atoms with Crippen LogP contribution in [0.3, 0.4) is 0 Å². The smallest absolute Gasteiger partial charge is 0.150 e. The van der Waals surface area contributed by atoms with Gasteiger partial charge in [0.1, 0.15) is 5.78 Å². The molecule has 0 amide bonds. The summed E-state index contributed by atoms with van der Waals surface area (Å²) in [6.45, 7) is 9.20. The number of aliphatic hydroxyl groups is 1. The zero-order valence-corrected chi connectivity index (χ0v) is 17.8. The van der Waals surface area contributed by atoms with Crippen LogP contribution in [0.5, 0.6) is 0 Å². The topological polar surface area (TPSA) is 40.5 Å². The average Bonchev–Trinajstić information content (AvgIpc) is 2.98. The third kappa shape index (κ3) is 3.41. The molecule has 27 heavy (non-hydrogen) atoms. The summed E-state index contributed by atoms with van der Waals surface area (Å²) in [4.78, 5) is 15.3. The van der Waals surface area contributed by atoms with Gasteiger partial charge in [0.2, 0.25) is 0 Å². The Balaban J connectivity index is 1.46. The second-order valence-electron chi connectivity index (χ2n) is 10.6. The van der Waals surface area contributed by atoms with E-state index in [0.717, 1.165) is 36.0 Å². The van der Waals surface area contributed by atoms with Crippen molar-refractivity contribution < 1.29 is 9.90 Å². The highest BCUT2D eigenvalue weighted by Gasteiger charge is 2.57. The monoisotopic (exact) mass is 375 g/mol. The first-order chi connectivity index (χ1) is 13.0. The number of carbonyl (C=O) groups excluding carboxylic acids is 1. The van der Waals surface area contributed by atoms with Gasteiger partial charge in [-0.3, -0.25) is 9.69 Å². The highest BCUT2D eigenvalue weighted by Crippen LogP contribution is 2.63. The SMILES string of the molecule is CCCC1C(CC)CCC2C1CCC1(C)C(C(=O)CN3CC(O)C3)CCC21. The minimum Gasteiger partial charge on any atom is -0.390 e. The van der Waals surface area contributed by atoms with Gasteiger partial charge >= 0.3 is 0 Å². The van der Waals surface area contributed by atoms with E-state index in [4.69, 9.17) is 0 Å². The third-order valence-electron chi connectivity index (χ3n) is 9.37. The third-order valence-corrected chi connectivity index (χ3v) is 9.37. The molecule has 3 nitrogen and oxygen atoms in total. The van der Waals surface area contributed by atoms with E-state index in [1.54, 1.807) is 0 Å². The first kappa shape index (κ1) is 19.9. The van der Waals surface area contributed by atoms with E-state index in [-0.39, 0.29) is 17.4 Å². The van der Waals surface area contributed by atoms with E-state index in [2.05, 4.69) is 25.7 Å². The Labute approximate surface area is 166 Å². The van der Waals surface area contributed by atoms with Gasteiger partial charge in [-0.25, -0.2) is 0 Å². The molecule has 1 saturated heterocycles. The lowest BCUT2D eigenvalue weighted by atomic mass is 9.50. The molecule has 3 saturated carbocycles. The van der Waals surface area contributed by atoms with Crippen molar-refractivity contribution in [2.24, 2.45) is 40.9 Å². The minimum absolute atomic E-state index is 0.204. The van der Waals surface area contributed by atoms with Gasteiger partial charge in [-0.1, -0.05) is 40.0 Å². The molecule has 0 bridgehead atoms. The van der Waals surface area contributed by atoms with Gasteiger partial charge in [0, 0.05) is 19.0 Å². The number of likely N-dealkylation sites (tertiary alicyclic amines) is 1. The van der Waals surface area contributed by atoms with Crippen molar-refractivity contribution in [1.29, 1.82) is 0 Å². The summed E-state index contributed by atoms with van der Waals surface area (Å²) in [5, 5.41) is 9.52. The molecule has 0 aromatic heterocycles. The molecule has 7 atom stereocenters. The maximum absolute atomic E-state index is 13.1. The van der Waals surface area contributed by atoms with Crippen molar-refractivity contribution in [3.63, 3.8) is 0 Å². The van der Waals surface area contributed by atoms with Crippen LogP contribution in [-0.4, -0.2) is 41.5 Å². The van der Waals surface area contributed by atoms with E-state index in [0.29, 0.717) is 25.4 Å². The van der Waals surface area contributed by atoms with Crippen LogP contribution >= 0.6 is 0 Å². The van der Waals surface area contributed by atoms with Crippen molar-refractivity contribution in [2.75, 3.05) is 19.6 Å². The largest absolute Gasteiger partial charge is 0.390 e. The van der Waals surface area contributed by atoms with Crippen molar-refractivity contribution in [3.05, 3.63) is 0 Å². The fraction of sp³-hybridized carbons (Fsp3) is 0.958. The Morgan fingerprint density at radius 3 is 2.52 bits per heavy atom. The van der Waals surface area contributed by atoms with Gasteiger partial charge < -0.3 is 5.11 Å². The Morgan fingerprint density at radius 1 is 1.07 bits per heavy atom. The Morgan fingerprint density at radius 2 is 1.85 bits per heavy atom. The number of Topliss-reactive ketones (excluding diaryl/α,β-unsaturated/α-hetero) is 1. The van der Waals surface area contributed by atoms with Gasteiger partial charge in [-0.05, 0) is 73.5 Å². The van der Waals surface area contributed by atoms with Crippen LogP contribution in [0.15, 0.2) is 0 Å². The fourth-order valence-electron chi connectivity index (χ4n) is 8.06. The molecule has 0 radical (unpaired) electrons. The molecule has 4 rings (SSSR count). The van der Waals surface area contributed by atoms with E-state index in [9.17, 15) is 9.90 Å². The van der Waals surface area contributed by atoms with Crippen LogP contribution in [0.25, 0.3) is 0 Å². The standard InChI is InChI=1S/C24H41NO2/c1-4-6-18-16(5-2)7-8-20-19(18)11-12-24(3)21(20)9-10-22(24)23(27)15-25-13-17(26)14-25/h16-22,26H,4-15H2,1-3H3. The maximum Gasteiger partial charge on any atom is 0.150 e. The van der Waals surface area contributed by atoms with Crippen LogP contribution in [0, 0.1) is 40.9 Å². The second kappa shape index (κ2) is 7.78. The highest BCUT2D eigenvalue weighted by atomic mass is 16.3. The van der Waals surface area contributed by atoms with Gasteiger partial charge in [-0.2, -0.15) is 0 Å². The summed E-state index contributed by atoms with van der Waals surface area (Å²) in [5.41, 5.74) is 0.248. The summed E-state index contributed by atoms with van der Waals surface area (Å²) in [7, 11) is 0. The molecule has 1 heterocycles. The minimum atomic E-state index is -0.204. The predicted octanol–water partition coefficient (Wildman–Crippen LogP) is 4.53. The van der Waals surface area contributed by atoms with Gasteiger partial charge in [-0.15, -0.1) is 0 Å². The summed E-state index contributed by atoms with van der Waals surface area (Å²) in [6.07, 6.45) is 11.8. The molecule has 7 unspecified atom stereocenters. The Kier molecular flexibility index (Phi) is 5.73. The van der Waals surface area contributed by atoms with Crippen LogP contribution in [0.2, 0.25) is 0 Å². The van der Waals surface area contributed by atoms with E-state index in [1.165, 1.54) is 51.4 Å². The van der Waals surface area contributed by atoms with Crippen LogP contribution in [0.4, 0.5) is 0 Å². The Hall–Kier alpha value is -0.410. The summed E-state index contributed by atoms with van der Waals surface area (Å²) >= 11 is 0. The predicted molar refractivity (Wildman–Crippen MR) is 109 cm³/mol. The number of carbonyl (C=O) groups is 1. The van der Waals surface area contributed by atoms with Crippen molar-refractivity contribution in [3.8, 4) is 0 Å². The molecular formula is C24H41NO2. The number of aliphatic hydroxyl groups excluding tert-OH is 1. The summed E-state index contributed by atoms with van der Waals surface area (Å²) in [6, 6.07) is 0. The van der Waals surface area contributed by atoms with E-state index >= 15 is 0 Å². The average molecular weight is 376 g/mol. The maximum atomic E-state index is 13.1. The molecule has 0 aromatic carbocycles. The van der Waals surface area contributed by atoms with E-state index < -0.39 is 0 Å². The molecule has 1 aliphatic heterocycles. The number of nitrogens with zero attached hydrogens (tertiary/aromatic N) is 1. The first-order valence-electron chi connectivity index (χ1n) is 11.9. The lowest BCUT2D eigenvalue weighted by Crippen LogP contribution is -2.54. The van der Waals surface area contributed by atoms with Crippen LogP contribution in [0.1, 0.15) is 78.6 Å². The normalized spacial score (nSPS) is 45.2. The highest BCUT2D eigenvalue weighted by molar-refractivity contribution is 5.84. The van der Waals surface area contributed by atoms with Gasteiger partial charge in [0.05, 0.1) is 12.6 Å². The number of hydrogen-bond acceptors (Lipinski definition) is 3. The molecule has 3 heteroatoms. The van der Waals surface area contributed by atoms with Gasteiger partial charge in [0.25, 0.3) is 0 Å². The van der Waals surface area contributed by atoms with E-state index in [1.807, 2.05) is 0 Å². The lowest BCUT2D eigenvalue weighted by molar-refractivity contribution is -0.133. The van der Waals surface area contributed by atoms with Crippen LogP contribution < -0.4 is 0 Å². The zero-order valence-electron chi connectivity index (χ0n) is 17.8. The molecule has 154 valence electrons. The summed E-state index contributed by atoms with van der Waals surface area (Å²) < 4.78 is 0.